The maximum Gasteiger partial charge on any atom is 0.0946 e. The number of nitrogens with zero attached hydrogens (tertiary/aromatic N) is 2. The summed E-state index contributed by atoms with van der Waals surface area (Å²) >= 11 is 0. The van der Waals surface area contributed by atoms with Gasteiger partial charge in [-0.2, -0.15) is 0 Å². The largest absolute Gasteiger partial charge is 0.336 e. The Kier molecular flexibility index (Phi) is 2.51. The lowest BCUT2D eigenvalue weighted by Gasteiger charge is -2.56. The number of hydrogen-bond donors (Lipinski definition) is 1. The van der Waals surface area contributed by atoms with Gasteiger partial charge in [-0.1, -0.05) is 0 Å². The van der Waals surface area contributed by atoms with Crippen molar-refractivity contribution in [1.29, 1.82) is 0 Å². The van der Waals surface area contributed by atoms with Crippen molar-refractivity contribution < 1.29 is 0 Å². The van der Waals surface area contributed by atoms with Gasteiger partial charge in [-0.15, -0.1) is 0 Å². The normalized spacial score (nSPS) is 43.3. The van der Waals surface area contributed by atoms with Gasteiger partial charge in [0.2, 0.25) is 0 Å². The Labute approximate surface area is 109 Å². The monoisotopic (exact) mass is 245 g/mol. The fourth-order valence-electron chi connectivity index (χ4n) is 5.43. The molecular weight excluding hydrogens is 222 g/mol. The van der Waals surface area contributed by atoms with E-state index in [4.69, 9.17) is 5.73 Å². The van der Waals surface area contributed by atoms with E-state index in [1.807, 2.05) is 18.7 Å². The van der Waals surface area contributed by atoms with Crippen LogP contribution in [0.3, 0.4) is 0 Å². The Morgan fingerprint density at radius 3 is 2.33 bits per heavy atom. The van der Waals surface area contributed by atoms with Crippen LogP contribution in [-0.4, -0.2) is 15.6 Å². The highest BCUT2D eigenvalue weighted by atomic mass is 15.0. The van der Waals surface area contributed by atoms with Gasteiger partial charge in [0.05, 0.1) is 6.33 Å². The van der Waals surface area contributed by atoms with Crippen molar-refractivity contribution in [2.75, 3.05) is 0 Å². The highest BCUT2D eigenvalue weighted by Gasteiger charge is 2.49. The van der Waals surface area contributed by atoms with Gasteiger partial charge in [-0.05, 0) is 61.7 Å². The Bertz CT molecular complexity index is 383. The van der Waals surface area contributed by atoms with E-state index in [1.54, 1.807) is 0 Å². The summed E-state index contributed by atoms with van der Waals surface area (Å²) in [6, 6.07) is 0.328. The summed E-state index contributed by atoms with van der Waals surface area (Å²) in [6.45, 7) is 0.951. The van der Waals surface area contributed by atoms with Crippen molar-refractivity contribution in [3.05, 3.63) is 18.7 Å². The zero-order chi connectivity index (χ0) is 12.1. The number of nitrogens with two attached hydrogens (primary N) is 1. The third kappa shape index (κ3) is 1.71. The van der Waals surface area contributed by atoms with Gasteiger partial charge in [0.25, 0.3) is 0 Å². The Hall–Kier alpha value is -0.830. The molecule has 0 amide bonds. The number of rotatable bonds is 3. The average molecular weight is 245 g/mol. The van der Waals surface area contributed by atoms with Crippen molar-refractivity contribution in [3.63, 3.8) is 0 Å². The molecule has 0 spiro atoms. The molecule has 0 aliphatic heterocycles. The fraction of sp³-hybridized carbons (Fsp3) is 0.800. The van der Waals surface area contributed by atoms with Crippen molar-refractivity contribution in [2.45, 2.75) is 44.7 Å². The van der Waals surface area contributed by atoms with Crippen LogP contribution < -0.4 is 5.73 Å². The van der Waals surface area contributed by atoms with Crippen molar-refractivity contribution >= 4 is 0 Å². The number of aromatic nitrogens is 2. The minimum atomic E-state index is 0.328. The lowest BCUT2D eigenvalue weighted by molar-refractivity contribution is -0.0485. The molecule has 4 aliphatic rings. The van der Waals surface area contributed by atoms with E-state index in [1.165, 1.54) is 32.1 Å². The predicted molar refractivity (Wildman–Crippen MR) is 70.7 cm³/mol. The van der Waals surface area contributed by atoms with Gasteiger partial charge < -0.3 is 10.3 Å². The van der Waals surface area contributed by atoms with Crippen LogP contribution in [0, 0.1) is 29.6 Å². The van der Waals surface area contributed by atoms with Crippen LogP contribution in [0.15, 0.2) is 18.7 Å². The second kappa shape index (κ2) is 4.09. The van der Waals surface area contributed by atoms with Crippen molar-refractivity contribution in [3.8, 4) is 0 Å². The molecule has 2 N–H and O–H groups in total. The Morgan fingerprint density at radius 1 is 1.11 bits per heavy atom. The van der Waals surface area contributed by atoms with E-state index in [0.29, 0.717) is 6.04 Å². The third-order valence-corrected chi connectivity index (χ3v) is 5.77. The second-order valence-electron chi connectivity index (χ2n) is 6.93. The van der Waals surface area contributed by atoms with Crippen LogP contribution in [0.5, 0.6) is 0 Å². The van der Waals surface area contributed by atoms with Gasteiger partial charge in [0.1, 0.15) is 0 Å². The number of imidazole rings is 1. The summed E-state index contributed by atoms with van der Waals surface area (Å²) in [7, 11) is 0. The highest BCUT2D eigenvalue weighted by Crippen LogP contribution is 2.57. The van der Waals surface area contributed by atoms with E-state index >= 15 is 0 Å². The topological polar surface area (TPSA) is 43.8 Å². The molecule has 0 radical (unpaired) electrons. The maximum absolute atomic E-state index is 6.54. The smallest absolute Gasteiger partial charge is 0.0946 e. The molecule has 1 aromatic heterocycles. The number of hydrogen-bond acceptors (Lipinski definition) is 2. The van der Waals surface area contributed by atoms with E-state index in [-0.39, 0.29) is 0 Å². The van der Waals surface area contributed by atoms with Gasteiger partial charge in [-0.3, -0.25) is 0 Å². The minimum absolute atomic E-state index is 0.328. The predicted octanol–water partition coefficient (Wildman–Crippen LogP) is 2.28. The quantitative estimate of drug-likeness (QED) is 0.888. The molecule has 3 nitrogen and oxygen atoms in total. The zero-order valence-corrected chi connectivity index (χ0v) is 10.9. The molecule has 4 aliphatic carbocycles. The average Bonchev–Trinajstić information content (AvgIpc) is 2.80. The maximum atomic E-state index is 6.54. The van der Waals surface area contributed by atoms with Gasteiger partial charge in [0.15, 0.2) is 0 Å². The molecule has 4 fully saturated rings. The summed E-state index contributed by atoms with van der Waals surface area (Å²) in [5.74, 6) is 4.73. The first-order valence-electron chi connectivity index (χ1n) is 7.51. The van der Waals surface area contributed by atoms with Gasteiger partial charge >= 0.3 is 0 Å². The molecule has 0 aromatic carbocycles. The molecular formula is C15H23N3. The molecule has 5 rings (SSSR count). The van der Waals surface area contributed by atoms with Crippen molar-refractivity contribution in [1.82, 2.24) is 9.55 Å². The summed E-state index contributed by atoms with van der Waals surface area (Å²) in [5.41, 5.74) is 6.54. The lowest BCUT2D eigenvalue weighted by Crippen LogP contribution is -2.52. The highest BCUT2D eigenvalue weighted by molar-refractivity contribution is 5.01. The molecule has 1 unspecified atom stereocenters. The van der Waals surface area contributed by atoms with E-state index in [9.17, 15) is 0 Å². The third-order valence-electron chi connectivity index (χ3n) is 5.77. The molecule has 98 valence electrons. The molecule has 1 aromatic rings. The molecule has 18 heavy (non-hydrogen) atoms. The lowest BCUT2D eigenvalue weighted by atomic mass is 9.50. The van der Waals surface area contributed by atoms with Crippen LogP contribution in [0.25, 0.3) is 0 Å². The molecule has 0 saturated heterocycles. The molecule has 3 heteroatoms. The molecule has 4 bridgehead atoms. The molecule has 4 saturated carbocycles. The standard InChI is InChI=1S/C15H23N3/c16-14(8-18-2-1-17-9-18)15-12-4-10-3-11(6-12)7-13(15)5-10/h1-2,9-15H,3-8,16H2. The Balaban J connectivity index is 1.50. The van der Waals surface area contributed by atoms with Crippen molar-refractivity contribution in [2.24, 2.45) is 35.3 Å². The van der Waals surface area contributed by atoms with E-state index in [2.05, 4.69) is 9.55 Å². The van der Waals surface area contributed by atoms with Crippen LogP contribution in [-0.2, 0) is 6.54 Å². The van der Waals surface area contributed by atoms with E-state index < -0.39 is 0 Å². The summed E-state index contributed by atoms with van der Waals surface area (Å²) < 4.78 is 2.15. The van der Waals surface area contributed by atoms with Crippen LogP contribution >= 0.6 is 0 Å². The van der Waals surface area contributed by atoms with Crippen LogP contribution in [0.1, 0.15) is 32.1 Å². The summed E-state index contributed by atoms with van der Waals surface area (Å²) in [4.78, 5) is 4.12. The summed E-state index contributed by atoms with van der Waals surface area (Å²) in [6.07, 6.45) is 13.2. The zero-order valence-electron chi connectivity index (χ0n) is 10.9. The first kappa shape index (κ1) is 11.0. The first-order valence-corrected chi connectivity index (χ1v) is 7.51. The molecule has 1 atom stereocenters. The van der Waals surface area contributed by atoms with Gasteiger partial charge in [-0.25, -0.2) is 4.98 Å². The fourth-order valence-corrected chi connectivity index (χ4v) is 5.43. The van der Waals surface area contributed by atoms with Gasteiger partial charge in [0, 0.05) is 25.0 Å². The van der Waals surface area contributed by atoms with Crippen LogP contribution in [0.2, 0.25) is 0 Å². The van der Waals surface area contributed by atoms with E-state index in [0.717, 1.165) is 36.1 Å². The SMILES string of the molecule is NC(Cn1ccnc1)C1C2CC3CC(C2)CC1C3. The molecule has 1 heterocycles. The first-order chi connectivity index (χ1) is 8.79. The van der Waals surface area contributed by atoms with Crippen LogP contribution in [0.4, 0.5) is 0 Å². The summed E-state index contributed by atoms with van der Waals surface area (Å²) in [5, 5.41) is 0. The minimum Gasteiger partial charge on any atom is -0.336 e. The second-order valence-corrected chi connectivity index (χ2v) is 6.93. The Morgan fingerprint density at radius 2 is 1.78 bits per heavy atom.